The highest BCUT2D eigenvalue weighted by Crippen LogP contribution is 2.19. The Morgan fingerprint density at radius 2 is 2.06 bits per heavy atom. The Kier molecular flexibility index (Phi) is 6.74. The monoisotopic (exact) mass is 236 g/mol. The van der Waals surface area contributed by atoms with E-state index in [1.807, 2.05) is 5.40 Å². The predicted octanol–water partition coefficient (Wildman–Crippen LogP) is 2.51. The van der Waals surface area contributed by atoms with Gasteiger partial charge in [0.05, 0.1) is 6.61 Å². The molecule has 0 fully saturated rings. The lowest BCUT2D eigenvalue weighted by molar-refractivity contribution is -0.138. The molecule has 84 valence electrons. The van der Waals surface area contributed by atoms with E-state index in [0.29, 0.717) is 5.57 Å². The normalized spacial score (nSPS) is 12.2. The summed E-state index contributed by atoms with van der Waals surface area (Å²) in [5.74, 6) is -0.640. The first-order valence-corrected chi connectivity index (χ1v) is 5.40. The molecule has 0 aromatic carbocycles. The van der Waals surface area contributed by atoms with Crippen molar-refractivity contribution in [1.82, 2.24) is 0 Å². The molecule has 0 heterocycles. The molecule has 4 nitrogen and oxygen atoms in total. The zero-order chi connectivity index (χ0) is 12.6. The lowest BCUT2D eigenvalue weighted by Gasteiger charge is -2.01. The minimum absolute atomic E-state index is 0.0581. The molecule has 0 unspecified atom stereocenters. The van der Waals surface area contributed by atoms with E-state index in [9.17, 15) is 4.79 Å². The average molecular weight is 236 g/mol. The Balaban J connectivity index is 5.00. The summed E-state index contributed by atoms with van der Waals surface area (Å²) in [5, 5.41) is 19.2. The maximum Gasteiger partial charge on any atom is 0.348 e. The van der Waals surface area contributed by atoms with Crippen molar-refractivity contribution in [2.75, 3.05) is 6.61 Å². The quantitative estimate of drug-likeness (QED) is 0.246. The Morgan fingerprint density at radius 1 is 1.44 bits per heavy atom. The van der Waals surface area contributed by atoms with E-state index in [0.717, 1.165) is 16.7 Å². The fraction of sp³-hybridized carbons (Fsp3) is 0.364. The summed E-state index contributed by atoms with van der Waals surface area (Å²) in [6.07, 6.45) is 1.43. The summed E-state index contributed by atoms with van der Waals surface area (Å²) in [6, 6.07) is 1.77. The van der Waals surface area contributed by atoms with Crippen LogP contribution in [0.2, 0.25) is 0 Å². The van der Waals surface area contributed by atoms with Crippen molar-refractivity contribution in [2.45, 2.75) is 20.8 Å². The van der Waals surface area contributed by atoms with Crippen LogP contribution >= 0.6 is 11.8 Å². The van der Waals surface area contributed by atoms with Crippen LogP contribution in [0.3, 0.4) is 0 Å². The minimum atomic E-state index is -0.640. The standard InChI is InChI=1S/C11H12N2O2S/c1-4-15-11(14)10(6-12)5-8(2)9(3)16-7-13/h5H,4H2,1-3H3/b9-8-,10-5+. The van der Waals surface area contributed by atoms with Crippen LogP contribution < -0.4 is 0 Å². The Bertz CT molecular complexity index is 411. The number of esters is 1. The molecule has 0 rings (SSSR count). The molecule has 0 aromatic heterocycles. The molecule has 5 heteroatoms. The number of nitrogens with zero attached hydrogens (tertiary/aromatic N) is 2. The number of nitriles is 2. The maximum atomic E-state index is 11.3. The first kappa shape index (κ1) is 14.3. The number of thioether (sulfide) groups is 1. The summed E-state index contributed by atoms with van der Waals surface area (Å²) in [7, 11) is 0. The Morgan fingerprint density at radius 3 is 2.50 bits per heavy atom. The van der Waals surface area contributed by atoms with E-state index in [4.69, 9.17) is 15.3 Å². The van der Waals surface area contributed by atoms with E-state index >= 15 is 0 Å². The SMILES string of the molecule is CCOC(=O)/C(C#N)=C/C(C)=C(/C)SC#N. The van der Waals surface area contributed by atoms with Crippen LogP contribution in [0, 0.1) is 22.0 Å². The average Bonchev–Trinajstić information content (AvgIpc) is 2.26. The lowest BCUT2D eigenvalue weighted by atomic mass is 10.2. The molecule has 0 amide bonds. The first-order chi connectivity index (χ1) is 7.56. The summed E-state index contributed by atoms with van der Waals surface area (Å²) in [4.78, 5) is 12.0. The smallest absolute Gasteiger partial charge is 0.348 e. The molecular weight excluding hydrogens is 224 g/mol. The van der Waals surface area contributed by atoms with Gasteiger partial charge in [-0.05, 0) is 49.1 Å². The third-order valence-electron chi connectivity index (χ3n) is 1.73. The molecule has 0 aromatic rings. The van der Waals surface area contributed by atoms with E-state index < -0.39 is 5.97 Å². The fourth-order valence-electron chi connectivity index (χ4n) is 0.813. The van der Waals surface area contributed by atoms with Crippen LogP contribution in [0.5, 0.6) is 0 Å². The second-order valence-electron chi connectivity index (χ2n) is 2.82. The molecule has 0 atom stereocenters. The zero-order valence-electron chi connectivity index (χ0n) is 9.40. The molecule has 0 aliphatic carbocycles. The van der Waals surface area contributed by atoms with Gasteiger partial charge in [0.15, 0.2) is 0 Å². The maximum absolute atomic E-state index is 11.3. The largest absolute Gasteiger partial charge is 0.462 e. The van der Waals surface area contributed by atoms with Gasteiger partial charge < -0.3 is 4.74 Å². The molecule has 0 saturated heterocycles. The number of hydrogen-bond donors (Lipinski definition) is 0. The second kappa shape index (κ2) is 7.56. The van der Waals surface area contributed by atoms with Crippen molar-refractivity contribution < 1.29 is 9.53 Å². The van der Waals surface area contributed by atoms with Crippen LogP contribution in [0.25, 0.3) is 0 Å². The summed E-state index contributed by atoms with van der Waals surface area (Å²) in [5.41, 5.74) is 0.647. The van der Waals surface area contributed by atoms with Crippen LogP contribution in [0.4, 0.5) is 0 Å². The van der Waals surface area contributed by atoms with Crippen LogP contribution in [-0.4, -0.2) is 12.6 Å². The summed E-state index contributed by atoms with van der Waals surface area (Å²) < 4.78 is 4.71. The molecule has 0 bridgehead atoms. The van der Waals surface area contributed by atoms with Crippen LogP contribution in [-0.2, 0) is 9.53 Å². The van der Waals surface area contributed by atoms with E-state index in [1.54, 1.807) is 26.8 Å². The Hall–Kier alpha value is -1.72. The van der Waals surface area contributed by atoms with Gasteiger partial charge in [0.1, 0.15) is 17.0 Å². The van der Waals surface area contributed by atoms with Crippen molar-refractivity contribution in [3.8, 4) is 11.5 Å². The molecular formula is C11H12N2O2S. The van der Waals surface area contributed by atoms with Crippen molar-refractivity contribution in [1.29, 1.82) is 10.5 Å². The van der Waals surface area contributed by atoms with E-state index in [2.05, 4.69) is 0 Å². The highest BCUT2D eigenvalue weighted by molar-refractivity contribution is 8.07. The number of carbonyl (C=O) groups is 1. The summed E-state index contributed by atoms with van der Waals surface area (Å²) in [6.45, 7) is 5.38. The molecule has 16 heavy (non-hydrogen) atoms. The van der Waals surface area contributed by atoms with Crippen molar-refractivity contribution in [2.24, 2.45) is 0 Å². The fourth-order valence-corrected chi connectivity index (χ4v) is 1.17. The molecule has 0 aliphatic heterocycles. The highest BCUT2D eigenvalue weighted by Gasteiger charge is 2.09. The molecule has 0 N–H and O–H groups in total. The minimum Gasteiger partial charge on any atom is -0.462 e. The molecule has 0 aliphatic rings. The molecule has 0 radical (unpaired) electrons. The third-order valence-corrected chi connectivity index (χ3v) is 2.45. The van der Waals surface area contributed by atoms with Gasteiger partial charge in [-0.25, -0.2) is 4.79 Å². The predicted molar refractivity (Wildman–Crippen MR) is 61.9 cm³/mol. The number of rotatable bonds is 4. The van der Waals surface area contributed by atoms with Gasteiger partial charge in [0.25, 0.3) is 0 Å². The van der Waals surface area contributed by atoms with Crippen LogP contribution in [0.15, 0.2) is 22.1 Å². The lowest BCUT2D eigenvalue weighted by Crippen LogP contribution is -2.06. The van der Waals surface area contributed by atoms with Gasteiger partial charge in [-0.15, -0.1) is 0 Å². The van der Waals surface area contributed by atoms with Crippen molar-refractivity contribution in [3.63, 3.8) is 0 Å². The van der Waals surface area contributed by atoms with Crippen molar-refractivity contribution in [3.05, 3.63) is 22.1 Å². The zero-order valence-corrected chi connectivity index (χ0v) is 10.2. The first-order valence-electron chi connectivity index (χ1n) is 4.59. The van der Waals surface area contributed by atoms with Gasteiger partial charge in [-0.2, -0.15) is 10.5 Å². The van der Waals surface area contributed by atoms with Gasteiger partial charge in [-0.1, -0.05) is 0 Å². The number of ether oxygens (including phenoxy) is 1. The van der Waals surface area contributed by atoms with Crippen LogP contribution in [0.1, 0.15) is 20.8 Å². The van der Waals surface area contributed by atoms with Crippen molar-refractivity contribution >= 4 is 17.7 Å². The number of carbonyl (C=O) groups excluding carboxylic acids is 1. The number of allylic oxidation sites excluding steroid dienone is 3. The summed E-state index contributed by atoms with van der Waals surface area (Å²) >= 11 is 0.996. The molecule has 0 saturated carbocycles. The van der Waals surface area contributed by atoms with Gasteiger partial charge in [0.2, 0.25) is 0 Å². The van der Waals surface area contributed by atoms with E-state index in [-0.39, 0.29) is 12.2 Å². The van der Waals surface area contributed by atoms with E-state index in [1.165, 1.54) is 6.08 Å². The van der Waals surface area contributed by atoms with Gasteiger partial charge >= 0.3 is 5.97 Å². The number of thiocyanates is 1. The Labute approximate surface area is 99.2 Å². The second-order valence-corrected chi connectivity index (χ2v) is 3.82. The third kappa shape index (κ3) is 4.68. The van der Waals surface area contributed by atoms with Gasteiger partial charge in [0, 0.05) is 0 Å². The number of hydrogen-bond acceptors (Lipinski definition) is 5. The highest BCUT2D eigenvalue weighted by atomic mass is 32.2. The topological polar surface area (TPSA) is 73.9 Å². The van der Waals surface area contributed by atoms with Gasteiger partial charge in [-0.3, -0.25) is 0 Å². The molecule has 0 spiro atoms.